The van der Waals surface area contributed by atoms with Crippen LogP contribution in [0.4, 0.5) is 0 Å². The smallest absolute Gasteiger partial charge is 0.127 e. The molecule has 0 amide bonds. The van der Waals surface area contributed by atoms with E-state index in [0.717, 1.165) is 37.4 Å². The summed E-state index contributed by atoms with van der Waals surface area (Å²) in [4.78, 5) is 1.18. The summed E-state index contributed by atoms with van der Waals surface area (Å²) >= 11 is 1.46. The third kappa shape index (κ3) is 2.43. The maximum Gasteiger partial charge on any atom is 0.127 e. The van der Waals surface area contributed by atoms with Gasteiger partial charge in [-0.25, -0.2) is 0 Å². The number of rotatable bonds is 4. The number of ether oxygens (including phenoxy) is 1. The van der Waals surface area contributed by atoms with Gasteiger partial charge in [0.25, 0.3) is 0 Å². The van der Waals surface area contributed by atoms with Gasteiger partial charge in [0.05, 0.1) is 23.2 Å². The lowest BCUT2D eigenvalue weighted by atomic mass is 9.96. The second-order valence-electron chi connectivity index (χ2n) is 5.00. The zero-order valence-electron chi connectivity index (χ0n) is 11.8. The number of benzene rings is 1. The molecule has 1 aliphatic rings. The maximum absolute atomic E-state index is 5.94. The number of hydrogen-bond donors (Lipinski definition) is 1. The van der Waals surface area contributed by atoms with Crippen LogP contribution >= 0.6 is 11.5 Å². The molecule has 0 spiro atoms. The van der Waals surface area contributed by atoms with E-state index < -0.39 is 0 Å². The van der Waals surface area contributed by atoms with Gasteiger partial charge >= 0.3 is 0 Å². The van der Waals surface area contributed by atoms with Crippen molar-refractivity contribution in [3.8, 4) is 5.75 Å². The van der Waals surface area contributed by atoms with E-state index in [1.54, 1.807) is 0 Å². The Morgan fingerprint density at radius 3 is 3.10 bits per heavy atom. The summed E-state index contributed by atoms with van der Waals surface area (Å²) in [5.41, 5.74) is 3.51. The monoisotopic (exact) mass is 289 g/mol. The van der Waals surface area contributed by atoms with E-state index in [1.807, 2.05) is 6.92 Å². The van der Waals surface area contributed by atoms with Crippen LogP contribution < -0.4 is 10.1 Å². The number of nitrogens with one attached hydrogen (secondary N) is 1. The molecule has 0 fully saturated rings. The first-order valence-corrected chi connectivity index (χ1v) is 7.85. The molecular formula is C15H19N3OS. The van der Waals surface area contributed by atoms with Crippen molar-refractivity contribution in [1.29, 1.82) is 0 Å². The molecule has 20 heavy (non-hydrogen) atoms. The van der Waals surface area contributed by atoms with Crippen LogP contribution in [0.2, 0.25) is 0 Å². The third-order valence-corrected chi connectivity index (χ3v) is 4.52. The molecule has 0 radical (unpaired) electrons. The highest BCUT2D eigenvalue weighted by Crippen LogP contribution is 2.37. The van der Waals surface area contributed by atoms with Crippen LogP contribution in [0.15, 0.2) is 18.2 Å². The molecule has 1 aromatic carbocycles. The van der Waals surface area contributed by atoms with Gasteiger partial charge in [0, 0.05) is 5.56 Å². The first-order chi connectivity index (χ1) is 9.81. The Kier molecular flexibility index (Phi) is 3.98. The van der Waals surface area contributed by atoms with Gasteiger partial charge in [0.2, 0.25) is 0 Å². The minimum Gasteiger partial charge on any atom is -0.493 e. The molecule has 0 saturated carbocycles. The van der Waals surface area contributed by atoms with Crippen LogP contribution in [0.3, 0.4) is 0 Å². The molecule has 0 bridgehead atoms. The molecule has 4 nitrogen and oxygen atoms in total. The zero-order chi connectivity index (χ0) is 13.9. The molecular weight excluding hydrogens is 270 g/mol. The Morgan fingerprint density at radius 2 is 2.35 bits per heavy atom. The second-order valence-corrected chi connectivity index (χ2v) is 5.79. The van der Waals surface area contributed by atoms with Crippen molar-refractivity contribution in [2.75, 3.05) is 13.2 Å². The van der Waals surface area contributed by atoms with E-state index >= 15 is 0 Å². The third-order valence-electron chi connectivity index (χ3n) is 3.63. The SMILES string of the molecule is CCNC(c1cccc2c1OCCC2)c1snnc1C. The van der Waals surface area contributed by atoms with Crippen LogP contribution in [-0.2, 0) is 6.42 Å². The fourth-order valence-corrected chi connectivity index (χ4v) is 3.43. The van der Waals surface area contributed by atoms with E-state index in [9.17, 15) is 0 Å². The Balaban J connectivity index is 2.06. The summed E-state index contributed by atoms with van der Waals surface area (Å²) in [6.07, 6.45) is 2.20. The molecule has 1 N–H and O–H groups in total. The van der Waals surface area contributed by atoms with Crippen LogP contribution in [0, 0.1) is 6.92 Å². The number of aryl methyl sites for hydroxylation is 2. The van der Waals surface area contributed by atoms with Gasteiger partial charge in [-0.3, -0.25) is 0 Å². The van der Waals surface area contributed by atoms with Gasteiger partial charge in [-0.15, -0.1) is 5.10 Å². The Morgan fingerprint density at radius 1 is 1.45 bits per heavy atom. The molecule has 0 aliphatic carbocycles. The predicted octanol–water partition coefficient (Wildman–Crippen LogP) is 2.87. The van der Waals surface area contributed by atoms with Crippen molar-refractivity contribution in [2.24, 2.45) is 0 Å². The number of fused-ring (bicyclic) bond motifs is 1. The molecule has 1 atom stereocenters. The molecule has 5 heteroatoms. The van der Waals surface area contributed by atoms with Gasteiger partial charge in [0.15, 0.2) is 0 Å². The van der Waals surface area contributed by atoms with Crippen LogP contribution in [0.1, 0.15) is 41.1 Å². The Hall–Kier alpha value is -1.46. The standard InChI is InChI=1S/C15H19N3OS/c1-3-16-13(15-10(2)17-18-20-15)12-8-4-6-11-7-5-9-19-14(11)12/h4,6,8,13,16H,3,5,7,9H2,1-2H3. The van der Waals surface area contributed by atoms with Crippen molar-refractivity contribution in [3.05, 3.63) is 39.9 Å². The lowest BCUT2D eigenvalue weighted by Crippen LogP contribution is -2.23. The summed E-state index contributed by atoms with van der Waals surface area (Å²) in [7, 11) is 0. The Labute approximate surface area is 123 Å². The second kappa shape index (κ2) is 5.89. The van der Waals surface area contributed by atoms with Gasteiger partial charge < -0.3 is 10.1 Å². The predicted molar refractivity (Wildman–Crippen MR) is 80.4 cm³/mol. The topological polar surface area (TPSA) is 47.0 Å². The lowest BCUT2D eigenvalue weighted by Gasteiger charge is -2.25. The molecule has 106 valence electrons. The highest BCUT2D eigenvalue weighted by Gasteiger charge is 2.24. The molecule has 0 saturated heterocycles. The summed E-state index contributed by atoms with van der Waals surface area (Å²) in [5.74, 6) is 1.05. The van der Waals surface area contributed by atoms with E-state index in [2.05, 4.69) is 40.0 Å². The first kappa shape index (κ1) is 13.5. The molecule has 2 aromatic rings. The van der Waals surface area contributed by atoms with Gasteiger partial charge in [-0.05, 0) is 43.4 Å². The average molecular weight is 289 g/mol. The zero-order valence-corrected chi connectivity index (χ0v) is 12.7. The van der Waals surface area contributed by atoms with E-state index in [4.69, 9.17) is 4.74 Å². The fraction of sp³-hybridized carbons (Fsp3) is 0.467. The van der Waals surface area contributed by atoms with E-state index in [0.29, 0.717) is 0 Å². The highest BCUT2D eigenvalue weighted by atomic mass is 32.1. The quantitative estimate of drug-likeness (QED) is 0.940. The summed E-state index contributed by atoms with van der Waals surface area (Å²) in [6, 6.07) is 6.56. The largest absolute Gasteiger partial charge is 0.493 e. The molecule has 2 heterocycles. The summed E-state index contributed by atoms with van der Waals surface area (Å²) < 4.78 is 10.0. The maximum atomic E-state index is 5.94. The van der Waals surface area contributed by atoms with Crippen molar-refractivity contribution >= 4 is 11.5 Å². The number of hydrogen-bond acceptors (Lipinski definition) is 5. The van der Waals surface area contributed by atoms with Crippen molar-refractivity contribution in [2.45, 2.75) is 32.7 Å². The minimum absolute atomic E-state index is 0.119. The molecule has 3 rings (SSSR count). The fourth-order valence-electron chi connectivity index (χ4n) is 2.69. The first-order valence-electron chi connectivity index (χ1n) is 7.08. The van der Waals surface area contributed by atoms with Gasteiger partial charge in [-0.1, -0.05) is 29.6 Å². The number of nitrogens with zero attached hydrogens (tertiary/aromatic N) is 2. The molecule has 1 unspecified atom stereocenters. The van der Waals surface area contributed by atoms with Crippen LogP contribution in [-0.4, -0.2) is 22.7 Å². The van der Waals surface area contributed by atoms with E-state index in [1.165, 1.54) is 27.5 Å². The number of para-hydroxylation sites is 1. The van der Waals surface area contributed by atoms with Crippen molar-refractivity contribution in [3.63, 3.8) is 0 Å². The normalized spacial score (nSPS) is 15.5. The van der Waals surface area contributed by atoms with Gasteiger partial charge in [-0.2, -0.15) is 0 Å². The summed E-state index contributed by atoms with van der Waals surface area (Å²) in [6.45, 7) is 5.83. The summed E-state index contributed by atoms with van der Waals surface area (Å²) in [5, 5.41) is 7.69. The van der Waals surface area contributed by atoms with Crippen LogP contribution in [0.25, 0.3) is 0 Å². The number of aromatic nitrogens is 2. The Bertz CT molecular complexity index is 597. The minimum atomic E-state index is 0.119. The lowest BCUT2D eigenvalue weighted by molar-refractivity contribution is 0.283. The van der Waals surface area contributed by atoms with Crippen LogP contribution in [0.5, 0.6) is 5.75 Å². The van der Waals surface area contributed by atoms with E-state index in [-0.39, 0.29) is 6.04 Å². The molecule has 1 aliphatic heterocycles. The average Bonchev–Trinajstić information content (AvgIpc) is 2.90. The highest BCUT2D eigenvalue weighted by molar-refractivity contribution is 7.05. The van der Waals surface area contributed by atoms with Crippen molar-refractivity contribution in [1.82, 2.24) is 14.9 Å². The van der Waals surface area contributed by atoms with Crippen molar-refractivity contribution < 1.29 is 4.74 Å². The molecule has 1 aromatic heterocycles. The van der Waals surface area contributed by atoms with Gasteiger partial charge in [0.1, 0.15) is 5.75 Å².